The second-order valence-electron chi connectivity index (χ2n) is 7.89. The molecule has 0 saturated carbocycles. The minimum Gasteiger partial charge on any atom is -0.379 e. The van der Waals surface area contributed by atoms with Gasteiger partial charge in [0.15, 0.2) is 0 Å². The number of aromatic nitrogens is 3. The summed E-state index contributed by atoms with van der Waals surface area (Å²) < 4.78 is 5.49. The van der Waals surface area contributed by atoms with Gasteiger partial charge in [0.05, 0.1) is 25.5 Å². The van der Waals surface area contributed by atoms with Gasteiger partial charge in [-0.25, -0.2) is 9.97 Å². The lowest BCUT2D eigenvalue weighted by atomic mass is 10.1. The summed E-state index contributed by atoms with van der Waals surface area (Å²) >= 11 is 0. The molecule has 0 aromatic carbocycles. The van der Waals surface area contributed by atoms with Crippen molar-refractivity contribution in [1.29, 1.82) is 0 Å². The number of morpholine rings is 1. The lowest BCUT2D eigenvalue weighted by molar-refractivity contribution is -0.139. The zero-order valence-corrected chi connectivity index (χ0v) is 16.5. The van der Waals surface area contributed by atoms with Gasteiger partial charge in [-0.05, 0) is 17.5 Å². The van der Waals surface area contributed by atoms with Crippen LogP contribution in [0, 0.1) is 5.92 Å². The van der Waals surface area contributed by atoms with Crippen LogP contribution in [0.15, 0.2) is 30.7 Å². The predicted molar refractivity (Wildman–Crippen MR) is 104 cm³/mol. The largest absolute Gasteiger partial charge is 0.379 e. The van der Waals surface area contributed by atoms with Crippen LogP contribution in [0.25, 0.3) is 0 Å². The molecule has 0 spiro atoms. The van der Waals surface area contributed by atoms with Crippen LogP contribution in [-0.4, -0.2) is 57.0 Å². The van der Waals surface area contributed by atoms with Crippen molar-refractivity contribution >= 4 is 5.91 Å². The molecule has 0 bridgehead atoms. The molecule has 2 aliphatic rings. The lowest BCUT2D eigenvalue weighted by Crippen LogP contribution is -2.46. The third kappa shape index (κ3) is 4.05. The summed E-state index contributed by atoms with van der Waals surface area (Å²) in [6.45, 7) is 8.21. The Morgan fingerprint density at radius 3 is 2.75 bits per heavy atom. The predicted octanol–water partition coefficient (Wildman–Crippen LogP) is 1.99. The van der Waals surface area contributed by atoms with Gasteiger partial charge in [0, 0.05) is 50.2 Å². The highest BCUT2D eigenvalue weighted by molar-refractivity contribution is 5.83. The van der Waals surface area contributed by atoms with E-state index in [2.05, 4.69) is 28.7 Å². The van der Waals surface area contributed by atoms with Crippen molar-refractivity contribution < 1.29 is 9.53 Å². The van der Waals surface area contributed by atoms with Crippen molar-refractivity contribution in [2.75, 3.05) is 26.3 Å². The second kappa shape index (κ2) is 8.32. The van der Waals surface area contributed by atoms with Gasteiger partial charge in [-0.1, -0.05) is 19.9 Å². The molecule has 2 aliphatic heterocycles. The zero-order valence-electron chi connectivity index (χ0n) is 16.5. The molecule has 2 aromatic rings. The van der Waals surface area contributed by atoms with Crippen molar-refractivity contribution in [3.05, 3.63) is 53.4 Å². The Morgan fingerprint density at radius 1 is 1.21 bits per heavy atom. The third-order valence-corrected chi connectivity index (χ3v) is 5.25. The Labute approximate surface area is 165 Å². The quantitative estimate of drug-likeness (QED) is 0.789. The molecule has 1 saturated heterocycles. The molecule has 0 unspecified atom stereocenters. The first-order valence-electron chi connectivity index (χ1n) is 9.96. The molecule has 7 nitrogen and oxygen atoms in total. The van der Waals surface area contributed by atoms with E-state index in [1.54, 1.807) is 12.4 Å². The summed E-state index contributed by atoms with van der Waals surface area (Å²) in [5.41, 5.74) is 2.95. The first kappa shape index (κ1) is 19.0. The fourth-order valence-corrected chi connectivity index (χ4v) is 3.87. The van der Waals surface area contributed by atoms with E-state index in [9.17, 15) is 4.79 Å². The fourth-order valence-electron chi connectivity index (χ4n) is 3.87. The minimum absolute atomic E-state index is 0.0957. The van der Waals surface area contributed by atoms with E-state index < -0.39 is 0 Å². The van der Waals surface area contributed by atoms with E-state index >= 15 is 0 Å². The summed E-state index contributed by atoms with van der Waals surface area (Å²) in [7, 11) is 0. The highest BCUT2D eigenvalue weighted by Gasteiger charge is 2.35. The molecule has 1 amide bonds. The molecule has 1 fully saturated rings. The number of hydrogen-bond donors (Lipinski definition) is 0. The summed E-state index contributed by atoms with van der Waals surface area (Å²) in [6.07, 6.45) is 6.28. The summed E-state index contributed by atoms with van der Waals surface area (Å²) in [4.78, 5) is 31.1. The Morgan fingerprint density at radius 2 is 2.04 bits per heavy atom. The number of carbonyl (C=O) groups is 1. The maximum Gasteiger partial charge on any atom is 0.245 e. The maximum absolute atomic E-state index is 13.5. The van der Waals surface area contributed by atoms with Crippen LogP contribution in [0.4, 0.5) is 0 Å². The number of rotatable bonds is 5. The second-order valence-corrected chi connectivity index (χ2v) is 7.89. The van der Waals surface area contributed by atoms with Crippen molar-refractivity contribution in [3.8, 4) is 0 Å². The molecule has 0 aliphatic carbocycles. The number of fused-ring (bicyclic) bond motifs is 1. The molecule has 2 aromatic heterocycles. The molecule has 4 heterocycles. The lowest BCUT2D eigenvalue weighted by Gasteiger charge is -2.35. The van der Waals surface area contributed by atoms with Crippen molar-refractivity contribution in [1.82, 2.24) is 24.8 Å². The van der Waals surface area contributed by atoms with Crippen LogP contribution < -0.4 is 0 Å². The van der Waals surface area contributed by atoms with Crippen LogP contribution in [0.3, 0.4) is 0 Å². The van der Waals surface area contributed by atoms with Gasteiger partial charge in [0.25, 0.3) is 0 Å². The first-order chi connectivity index (χ1) is 13.6. The number of ether oxygens (including phenoxy) is 1. The molecule has 28 heavy (non-hydrogen) atoms. The smallest absolute Gasteiger partial charge is 0.245 e. The Balaban J connectivity index is 1.55. The van der Waals surface area contributed by atoms with Crippen LogP contribution in [0.1, 0.15) is 42.5 Å². The number of amides is 1. The topological polar surface area (TPSA) is 71.5 Å². The van der Waals surface area contributed by atoms with E-state index in [-0.39, 0.29) is 11.9 Å². The third-order valence-electron chi connectivity index (χ3n) is 5.25. The van der Waals surface area contributed by atoms with Crippen molar-refractivity contribution in [2.24, 2.45) is 5.92 Å². The first-order valence-corrected chi connectivity index (χ1v) is 9.96. The standard InChI is InChI=1S/C21H27N5O2/c1-15(2)10-19-23-12-17-13-26(14-18(17)24-19)21(27)20(16-4-3-5-22-11-16)25-6-8-28-9-7-25/h3-5,11-12,15,20H,6-10,13-14H2,1-2H3/t20-/m0/s1. The Kier molecular flexibility index (Phi) is 5.64. The Hall–Kier alpha value is -2.38. The van der Waals surface area contributed by atoms with Gasteiger partial charge in [-0.15, -0.1) is 0 Å². The summed E-state index contributed by atoms with van der Waals surface area (Å²) in [6, 6.07) is 3.53. The number of carbonyl (C=O) groups excluding carboxylic acids is 1. The highest BCUT2D eigenvalue weighted by atomic mass is 16.5. The van der Waals surface area contributed by atoms with E-state index in [1.165, 1.54) is 0 Å². The van der Waals surface area contributed by atoms with Gasteiger partial charge in [0.1, 0.15) is 11.9 Å². The van der Waals surface area contributed by atoms with Gasteiger partial charge in [-0.2, -0.15) is 0 Å². The molecular weight excluding hydrogens is 354 g/mol. The summed E-state index contributed by atoms with van der Waals surface area (Å²) in [5, 5.41) is 0. The fraction of sp³-hybridized carbons (Fsp3) is 0.524. The SMILES string of the molecule is CC(C)Cc1ncc2c(n1)CN(C(=O)[C@H](c1cccnc1)N1CCOCC1)C2. The van der Waals surface area contributed by atoms with E-state index in [1.807, 2.05) is 23.2 Å². The van der Waals surface area contributed by atoms with Gasteiger partial charge < -0.3 is 9.64 Å². The van der Waals surface area contributed by atoms with Gasteiger partial charge >= 0.3 is 0 Å². The van der Waals surface area contributed by atoms with Gasteiger partial charge in [0.2, 0.25) is 5.91 Å². The number of hydrogen-bond acceptors (Lipinski definition) is 6. The average Bonchev–Trinajstić information content (AvgIpc) is 3.13. The van der Waals surface area contributed by atoms with Crippen molar-refractivity contribution in [3.63, 3.8) is 0 Å². The van der Waals surface area contributed by atoms with Crippen molar-refractivity contribution in [2.45, 2.75) is 39.4 Å². The normalized spacial score (nSPS) is 18.3. The number of pyridine rings is 1. The molecule has 0 radical (unpaired) electrons. The van der Waals surface area contributed by atoms with Crippen LogP contribution in [0.5, 0.6) is 0 Å². The molecule has 1 atom stereocenters. The zero-order chi connectivity index (χ0) is 19.5. The van der Waals surface area contributed by atoms with Crippen LogP contribution in [0.2, 0.25) is 0 Å². The van der Waals surface area contributed by atoms with E-state index in [4.69, 9.17) is 9.72 Å². The number of nitrogens with zero attached hydrogens (tertiary/aromatic N) is 5. The Bertz CT molecular complexity index is 821. The molecule has 7 heteroatoms. The van der Waals surface area contributed by atoms with Crippen LogP contribution in [-0.2, 0) is 29.0 Å². The average molecular weight is 381 g/mol. The molecule has 4 rings (SSSR count). The monoisotopic (exact) mass is 381 g/mol. The highest BCUT2D eigenvalue weighted by Crippen LogP contribution is 2.29. The molecule has 148 valence electrons. The van der Waals surface area contributed by atoms with Gasteiger partial charge in [-0.3, -0.25) is 14.7 Å². The maximum atomic E-state index is 13.5. The van der Waals surface area contributed by atoms with Crippen LogP contribution >= 0.6 is 0 Å². The minimum atomic E-state index is -0.338. The summed E-state index contributed by atoms with van der Waals surface area (Å²) in [5.74, 6) is 1.46. The molecular formula is C21H27N5O2. The van der Waals surface area contributed by atoms with E-state index in [0.29, 0.717) is 32.2 Å². The van der Waals surface area contributed by atoms with E-state index in [0.717, 1.165) is 42.2 Å². The molecule has 0 N–H and O–H groups in total.